The van der Waals surface area contributed by atoms with Crippen LogP contribution in [0.15, 0.2) is 28.8 Å². The van der Waals surface area contributed by atoms with Gasteiger partial charge >= 0.3 is 5.97 Å². The van der Waals surface area contributed by atoms with Crippen LogP contribution in [-0.2, 0) is 6.61 Å². The number of carboxylic acid groups (broad SMARTS) is 1. The molecule has 1 aromatic carbocycles. The summed E-state index contributed by atoms with van der Waals surface area (Å²) in [5.74, 6) is -0.467. The number of halogens is 1. The molecule has 2 aromatic rings. The summed E-state index contributed by atoms with van der Waals surface area (Å²) in [4.78, 5) is 11.0. The molecule has 2 rings (SSSR count). The molecule has 0 atom stereocenters. The summed E-state index contributed by atoms with van der Waals surface area (Å²) in [5.41, 5.74) is 0.741. The number of carboxylic acids is 1. The molecule has 0 saturated heterocycles. The van der Waals surface area contributed by atoms with Crippen LogP contribution in [0.3, 0.4) is 0 Å². The summed E-state index contributed by atoms with van der Waals surface area (Å²) in [5, 5.41) is 13.0. The van der Waals surface area contributed by atoms with Crippen LogP contribution in [0.1, 0.15) is 21.8 Å². The molecule has 0 aliphatic carbocycles. The Balaban J connectivity index is 2.20. The first kappa shape index (κ1) is 12.4. The molecule has 1 aromatic heterocycles. The van der Waals surface area contributed by atoms with E-state index in [1.54, 1.807) is 25.1 Å². The van der Waals surface area contributed by atoms with Crippen molar-refractivity contribution in [3.63, 3.8) is 0 Å². The number of aryl methyl sites for hydroxylation is 1. The fraction of sp³-hybridized carbons (Fsp3) is 0.167. The molecule has 1 heterocycles. The second-order valence-corrected chi connectivity index (χ2v) is 4.05. The van der Waals surface area contributed by atoms with Crippen LogP contribution in [0.4, 0.5) is 0 Å². The topological polar surface area (TPSA) is 72.6 Å². The zero-order chi connectivity index (χ0) is 13.1. The van der Waals surface area contributed by atoms with Crippen molar-refractivity contribution in [3.8, 4) is 5.75 Å². The van der Waals surface area contributed by atoms with E-state index in [9.17, 15) is 4.79 Å². The molecule has 0 aliphatic rings. The Morgan fingerprint density at radius 1 is 1.56 bits per heavy atom. The first-order valence-electron chi connectivity index (χ1n) is 5.14. The molecule has 18 heavy (non-hydrogen) atoms. The van der Waals surface area contributed by atoms with Crippen LogP contribution in [0.5, 0.6) is 5.75 Å². The van der Waals surface area contributed by atoms with Crippen molar-refractivity contribution in [1.82, 2.24) is 5.16 Å². The van der Waals surface area contributed by atoms with E-state index in [2.05, 4.69) is 5.16 Å². The Bertz CT molecular complexity index is 579. The largest absolute Gasteiger partial charge is 0.483 e. The third kappa shape index (κ3) is 2.62. The van der Waals surface area contributed by atoms with Gasteiger partial charge in [-0.15, -0.1) is 0 Å². The third-order valence-electron chi connectivity index (χ3n) is 2.23. The van der Waals surface area contributed by atoms with Gasteiger partial charge in [0.2, 0.25) is 0 Å². The molecule has 0 unspecified atom stereocenters. The normalized spacial score (nSPS) is 10.3. The zero-order valence-electron chi connectivity index (χ0n) is 9.51. The van der Waals surface area contributed by atoms with E-state index in [0.717, 1.165) is 5.69 Å². The minimum Gasteiger partial charge on any atom is -0.483 e. The fourth-order valence-corrected chi connectivity index (χ4v) is 1.68. The van der Waals surface area contributed by atoms with E-state index >= 15 is 0 Å². The molecule has 94 valence electrons. The third-order valence-corrected chi connectivity index (χ3v) is 2.53. The van der Waals surface area contributed by atoms with Crippen LogP contribution < -0.4 is 4.74 Å². The lowest BCUT2D eigenvalue weighted by molar-refractivity contribution is 0.0691. The summed E-state index contributed by atoms with van der Waals surface area (Å²) in [6, 6.07) is 6.25. The quantitative estimate of drug-likeness (QED) is 0.922. The monoisotopic (exact) mass is 267 g/mol. The molecule has 6 heteroatoms. The maximum atomic E-state index is 11.0. The van der Waals surface area contributed by atoms with E-state index in [4.69, 9.17) is 26.0 Å². The molecular weight excluding hydrogens is 258 g/mol. The van der Waals surface area contributed by atoms with Gasteiger partial charge in [-0.25, -0.2) is 4.79 Å². The molecule has 0 fully saturated rings. The van der Waals surface area contributed by atoms with E-state index < -0.39 is 5.97 Å². The van der Waals surface area contributed by atoms with Crippen LogP contribution >= 0.6 is 11.6 Å². The highest BCUT2D eigenvalue weighted by molar-refractivity contribution is 6.32. The number of para-hydroxylation sites is 1. The summed E-state index contributed by atoms with van der Waals surface area (Å²) in [7, 11) is 0. The van der Waals surface area contributed by atoms with Gasteiger partial charge in [-0.2, -0.15) is 0 Å². The predicted molar refractivity (Wildman–Crippen MR) is 64.0 cm³/mol. The molecule has 0 bridgehead atoms. The van der Waals surface area contributed by atoms with Crippen molar-refractivity contribution in [2.75, 3.05) is 0 Å². The maximum absolute atomic E-state index is 11.0. The number of carbonyl (C=O) groups is 1. The molecule has 0 amide bonds. The molecule has 1 N–H and O–H groups in total. The number of aromatic carboxylic acids is 1. The van der Waals surface area contributed by atoms with E-state index in [-0.39, 0.29) is 22.9 Å². The number of ether oxygens (including phenoxy) is 1. The Labute approximate surface area is 108 Å². The van der Waals surface area contributed by atoms with Crippen LogP contribution in [-0.4, -0.2) is 16.2 Å². The molecule has 0 radical (unpaired) electrons. The molecule has 0 spiro atoms. The first-order chi connectivity index (χ1) is 8.58. The van der Waals surface area contributed by atoms with Gasteiger partial charge in [0, 0.05) is 6.07 Å². The zero-order valence-corrected chi connectivity index (χ0v) is 10.3. The highest BCUT2D eigenvalue weighted by Crippen LogP contribution is 2.29. The highest BCUT2D eigenvalue weighted by atomic mass is 35.5. The van der Waals surface area contributed by atoms with E-state index in [0.29, 0.717) is 5.76 Å². The number of nitrogens with zero attached hydrogens (tertiary/aromatic N) is 1. The van der Waals surface area contributed by atoms with E-state index in [1.165, 1.54) is 6.07 Å². The SMILES string of the molecule is Cc1cc(COc2c(Cl)cccc2C(=O)O)on1. The maximum Gasteiger partial charge on any atom is 0.339 e. The second kappa shape index (κ2) is 5.10. The Morgan fingerprint density at radius 3 is 2.94 bits per heavy atom. The number of benzene rings is 1. The van der Waals surface area contributed by atoms with Gasteiger partial charge in [0.15, 0.2) is 11.5 Å². The summed E-state index contributed by atoms with van der Waals surface area (Å²) < 4.78 is 10.3. The van der Waals surface area contributed by atoms with Crippen LogP contribution in [0.2, 0.25) is 5.02 Å². The van der Waals surface area contributed by atoms with Gasteiger partial charge in [0.25, 0.3) is 0 Å². The van der Waals surface area contributed by atoms with Gasteiger partial charge < -0.3 is 14.4 Å². The van der Waals surface area contributed by atoms with Crippen LogP contribution in [0.25, 0.3) is 0 Å². The molecule has 0 aliphatic heterocycles. The lowest BCUT2D eigenvalue weighted by Crippen LogP contribution is -2.03. The Kier molecular flexibility index (Phi) is 3.53. The minimum atomic E-state index is -1.10. The number of rotatable bonds is 4. The standard InChI is InChI=1S/C12H10ClNO4/c1-7-5-8(18-14-7)6-17-11-9(12(15)16)3-2-4-10(11)13/h2-5H,6H2,1H3,(H,15,16). The van der Waals surface area contributed by atoms with Gasteiger partial charge in [-0.05, 0) is 19.1 Å². The summed E-state index contributed by atoms with van der Waals surface area (Å²) in [6.07, 6.45) is 0. The van der Waals surface area contributed by atoms with Crippen LogP contribution in [0, 0.1) is 6.92 Å². The molecule has 5 nitrogen and oxygen atoms in total. The number of hydrogen-bond acceptors (Lipinski definition) is 4. The fourth-order valence-electron chi connectivity index (χ4n) is 1.45. The number of hydrogen-bond donors (Lipinski definition) is 1. The van der Waals surface area contributed by atoms with E-state index in [1.807, 2.05) is 0 Å². The highest BCUT2D eigenvalue weighted by Gasteiger charge is 2.15. The predicted octanol–water partition coefficient (Wildman–Crippen LogP) is 2.91. The molecular formula is C12H10ClNO4. The minimum absolute atomic E-state index is 0.0127. The Morgan fingerprint density at radius 2 is 2.33 bits per heavy atom. The average molecular weight is 268 g/mol. The van der Waals surface area contributed by atoms with Gasteiger partial charge in [0.05, 0.1) is 10.7 Å². The summed E-state index contributed by atoms with van der Waals surface area (Å²) in [6.45, 7) is 1.86. The van der Waals surface area contributed by atoms with Crippen molar-refractivity contribution in [3.05, 3.63) is 46.3 Å². The van der Waals surface area contributed by atoms with Crippen molar-refractivity contribution < 1.29 is 19.2 Å². The lowest BCUT2D eigenvalue weighted by atomic mass is 10.2. The van der Waals surface area contributed by atoms with Gasteiger partial charge in [-0.3, -0.25) is 0 Å². The molecule has 0 saturated carbocycles. The Hall–Kier alpha value is -2.01. The first-order valence-corrected chi connectivity index (χ1v) is 5.52. The summed E-state index contributed by atoms with van der Waals surface area (Å²) >= 11 is 5.91. The van der Waals surface area contributed by atoms with Crippen molar-refractivity contribution in [2.45, 2.75) is 13.5 Å². The average Bonchev–Trinajstić information content (AvgIpc) is 2.73. The van der Waals surface area contributed by atoms with Gasteiger partial charge in [0.1, 0.15) is 12.2 Å². The number of aromatic nitrogens is 1. The second-order valence-electron chi connectivity index (χ2n) is 3.64. The van der Waals surface area contributed by atoms with Crippen molar-refractivity contribution >= 4 is 17.6 Å². The lowest BCUT2D eigenvalue weighted by Gasteiger charge is -2.08. The smallest absolute Gasteiger partial charge is 0.339 e. The van der Waals surface area contributed by atoms with Crippen molar-refractivity contribution in [2.24, 2.45) is 0 Å². The van der Waals surface area contributed by atoms with Gasteiger partial charge in [-0.1, -0.05) is 22.8 Å². The van der Waals surface area contributed by atoms with Crippen molar-refractivity contribution in [1.29, 1.82) is 0 Å².